The summed E-state index contributed by atoms with van der Waals surface area (Å²) in [6.45, 7) is 2.23. The number of phenolic OH excluding ortho intramolecular Hbond substituents is 1. The van der Waals surface area contributed by atoms with Crippen LogP contribution in [0.4, 0.5) is 5.88 Å². The number of methoxy groups -OCH3 is 2. The molecule has 0 saturated carbocycles. The third kappa shape index (κ3) is 5.07. The molecule has 0 aliphatic carbocycles. The maximum atomic E-state index is 10.2. The lowest BCUT2D eigenvalue weighted by Gasteiger charge is -2.08. The van der Waals surface area contributed by atoms with Gasteiger partial charge in [-0.05, 0) is 82.5 Å². The van der Waals surface area contributed by atoms with Gasteiger partial charge in [0.15, 0.2) is 11.5 Å². The quantitative estimate of drug-likeness (QED) is 0.236. The summed E-state index contributed by atoms with van der Waals surface area (Å²) in [6, 6.07) is 20.4. The molecule has 0 aliphatic heterocycles. The molecule has 0 saturated heterocycles. The number of hydrogen-bond donors (Lipinski definition) is 1. The highest BCUT2D eigenvalue weighted by Crippen LogP contribution is 2.43. The first kappa shape index (κ1) is 24.9. The van der Waals surface area contributed by atoms with Crippen molar-refractivity contribution in [1.82, 2.24) is 0 Å². The van der Waals surface area contributed by atoms with E-state index < -0.39 is 0 Å². The fourth-order valence-corrected chi connectivity index (χ4v) is 4.12. The maximum absolute atomic E-state index is 10.2. The zero-order valence-electron chi connectivity index (χ0n) is 19.9. The molecular weight excluding hydrogens is 524 g/mol. The molecule has 182 valence electrons. The number of phenols is 1. The topological polar surface area (TPSA) is 97.2 Å². The Labute approximate surface area is 217 Å². The van der Waals surface area contributed by atoms with Gasteiger partial charge in [0.2, 0.25) is 5.88 Å². The molecular formula is C28H23BrN2O5. The summed E-state index contributed by atoms with van der Waals surface area (Å²) in [5.41, 5.74) is 3.13. The smallest absolute Gasteiger partial charge is 0.238 e. The van der Waals surface area contributed by atoms with Gasteiger partial charge in [-0.2, -0.15) is 5.26 Å². The third-order valence-electron chi connectivity index (χ3n) is 5.41. The van der Waals surface area contributed by atoms with Gasteiger partial charge >= 0.3 is 0 Å². The second-order valence-electron chi connectivity index (χ2n) is 7.60. The number of aromatic hydroxyl groups is 1. The van der Waals surface area contributed by atoms with E-state index in [-0.39, 0.29) is 11.6 Å². The van der Waals surface area contributed by atoms with E-state index in [0.717, 1.165) is 11.1 Å². The van der Waals surface area contributed by atoms with Crippen LogP contribution in [0.5, 0.6) is 23.0 Å². The minimum Gasteiger partial charge on any atom is -0.503 e. The monoisotopic (exact) mass is 546 g/mol. The summed E-state index contributed by atoms with van der Waals surface area (Å²) in [4.78, 5) is 4.50. The van der Waals surface area contributed by atoms with Crippen LogP contribution < -0.4 is 14.2 Å². The predicted molar refractivity (Wildman–Crippen MR) is 142 cm³/mol. The van der Waals surface area contributed by atoms with Crippen molar-refractivity contribution in [1.29, 1.82) is 5.26 Å². The van der Waals surface area contributed by atoms with E-state index in [9.17, 15) is 10.4 Å². The van der Waals surface area contributed by atoms with E-state index >= 15 is 0 Å². The molecule has 0 unspecified atom stereocenters. The lowest BCUT2D eigenvalue weighted by Crippen LogP contribution is -1.94. The molecule has 4 aromatic rings. The summed E-state index contributed by atoms with van der Waals surface area (Å²) in [5.74, 6) is 2.41. The highest BCUT2D eigenvalue weighted by molar-refractivity contribution is 9.10. The number of nitriles is 1. The number of nitrogens with zero attached hydrogens (tertiary/aromatic N) is 2. The summed E-state index contributed by atoms with van der Waals surface area (Å²) in [5, 5.41) is 20.3. The summed E-state index contributed by atoms with van der Waals surface area (Å²) < 4.78 is 22.7. The number of aliphatic imine (C=N–C) groups is 1. The van der Waals surface area contributed by atoms with Gasteiger partial charge in [-0.3, -0.25) is 0 Å². The van der Waals surface area contributed by atoms with Crippen LogP contribution in [0, 0.1) is 11.3 Å². The van der Waals surface area contributed by atoms with Gasteiger partial charge in [-0.15, -0.1) is 0 Å². The molecule has 1 heterocycles. The molecule has 3 aromatic carbocycles. The second-order valence-corrected chi connectivity index (χ2v) is 8.45. The van der Waals surface area contributed by atoms with E-state index in [1.807, 2.05) is 55.5 Å². The van der Waals surface area contributed by atoms with E-state index in [0.29, 0.717) is 50.8 Å². The lowest BCUT2D eigenvalue weighted by atomic mass is 9.98. The first-order valence-corrected chi connectivity index (χ1v) is 11.8. The summed E-state index contributed by atoms with van der Waals surface area (Å²) in [6.07, 6.45) is 1.56. The van der Waals surface area contributed by atoms with Crippen LogP contribution in [-0.2, 0) is 0 Å². The first-order chi connectivity index (χ1) is 17.5. The minimum atomic E-state index is 0.00768. The van der Waals surface area contributed by atoms with Crippen molar-refractivity contribution in [2.24, 2.45) is 4.99 Å². The first-order valence-electron chi connectivity index (χ1n) is 11.0. The Morgan fingerprint density at radius 3 is 2.17 bits per heavy atom. The number of hydrogen-bond acceptors (Lipinski definition) is 7. The minimum absolute atomic E-state index is 0.00768. The molecule has 0 radical (unpaired) electrons. The van der Waals surface area contributed by atoms with Gasteiger partial charge in [-0.1, -0.05) is 12.1 Å². The number of furan rings is 1. The standard InChI is InChI=1S/C28H23BrN2O5/c1-4-35-24-14-17(13-23(29)26(24)32)16-31-28-22(15-30)25(18-5-9-20(33-2)10-6-18)27(36-28)19-7-11-21(34-3)12-8-19/h5-14,16,32H,4H2,1-3H3. The zero-order valence-corrected chi connectivity index (χ0v) is 21.5. The molecule has 4 rings (SSSR count). The lowest BCUT2D eigenvalue weighted by molar-refractivity contribution is 0.317. The highest BCUT2D eigenvalue weighted by atomic mass is 79.9. The van der Waals surface area contributed by atoms with Crippen molar-refractivity contribution in [3.63, 3.8) is 0 Å². The molecule has 0 fully saturated rings. The summed E-state index contributed by atoms with van der Waals surface area (Å²) >= 11 is 3.33. The molecule has 0 atom stereocenters. The van der Waals surface area contributed by atoms with E-state index in [1.54, 1.807) is 32.6 Å². The Balaban J connectivity index is 1.85. The largest absolute Gasteiger partial charge is 0.503 e. The van der Waals surface area contributed by atoms with Gasteiger partial charge in [0.1, 0.15) is 28.9 Å². The van der Waals surface area contributed by atoms with Crippen LogP contribution in [0.1, 0.15) is 18.1 Å². The highest BCUT2D eigenvalue weighted by Gasteiger charge is 2.23. The fourth-order valence-electron chi connectivity index (χ4n) is 3.66. The number of benzene rings is 3. The van der Waals surface area contributed by atoms with E-state index in [1.165, 1.54) is 0 Å². The zero-order chi connectivity index (χ0) is 25.7. The van der Waals surface area contributed by atoms with Crippen LogP contribution in [-0.4, -0.2) is 32.1 Å². The van der Waals surface area contributed by atoms with Gasteiger partial charge in [-0.25, -0.2) is 4.99 Å². The molecule has 0 bridgehead atoms. The van der Waals surface area contributed by atoms with Gasteiger partial charge in [0, 0.05) is 17.3 Å². The molecule has 8 heteroatoms. The number of ether oxygens (including phenoxy) is 3. The SMILES string of the molecule is CCOc1cc(C=Nc2oc(-c3ccc(OC)cc3)c(-c3ccc(OC)cc3)c2C#N)cc(Br)c1O. The molecule has 0 aliphatic rings. The van der Waals surface area contributed by atoms with Crippen molar-refractivity contribution >= 4 is 28.0 Å². The molecule has 36 heavy (non-hydrogen) atoms. The van der Waals surface area contributed by atoms with Gasteiger partial charge in [0.05, 0.1) is 25.3 Å². The van der Waals surface area contributed by atoms with Crippen LogP contribution in [0.3, 0.4) is 0 Å². The molecule has 1 N–H and O–H groups in total. The van der Waals surface area contributed by atoms with Crippen LogP contribution in [0.15, 0.2) is 74.5 Å². The molecule has 1 aromatic heterocycles. The Hall–Kier alpha value is -4.22. The molecule has 7 nitrogen and oxygen atoms in total. The van der Waals surface area contributed by atoms with Gasteiger partial charge < -0.3 is 23.7 Å². The Kier molecular flexibility index (Phi) is 7.62. The number of halogens is 1. The average molecular weight is 547 g/mol. The summed E-state index contributed by atoms with van der Waals surface area (Å²) in [7, 11) is 3.20. The van der Waals surface area contributed by atoms with Crippen molar-refractivity contribution in [3.8, 4) is 51.5 Å². The normalized spacial score (nSPS) is 10.9. The fraction of sp³-hybridized carbons (Fsp3) is 0.143. The third-order valence-corrected chi connectivity index (χ3v) is 6.02. The van der Waals surface area contributed by atoms with E-state index in [2.05, 4.69) is 27.0 Å². The van der Waals surface area contributed by atoms with Crippen molar-refractivity contribution in [2.75, 3.05) is 20.8 Å². The number of rotatable bonds is 8. The average Bonchev–Trinajstić information content (AvgIpc) is 3.28. The van der Waals surface area contributed by atoms with Crippen molar-refractivity contribution < 1.29 is 23.7 Å². The molecule has 0 amide bonds. The maximum Gasteiger partial charge on any atom is 0.238 e. The Morgan fingerprint density at radius 1 is 1.00 bits per heavy atom. The Bertz CT molecular complexity index is 1440. The van der Waals surface area contributed by atoms with Gasteiger partial charge in [0.25, 0.3) is 0 Å². The van der Waals surface area contributed by atoms with Crippen molar-refractivity contribution in [3.05, 3.63) is 76.3 Å². The van der Waals surface area contributed by atoms with Crippen molar-refractivity contribution in [2.45, 2.75) is 6.92 Å². The van der Waals surface area contributed by atoms with E-state index in [4.69, 9.17) is 18.6 Å². The Morgan fingerprint density at radius 2 is 1.61 bits per heavy atom. The molecule has 0 spiro atoms. The predicted octanol–water partition coefficient (Wildman–Crippen LogP) is 7.12. The van der Waals surface area contributed by atoms with Crippen LogP contribution in [0.25, 0.3) is 22.5 Å². The second kappa shape index (κ2) is 11.0. The van der Waals surface area contributed by atoms with Crippen LogP contribution in [0.2, 0.25) is 0 Å². The van der Waals surface area contributed by atoms with Crippen LogP contribution >= 0.6 is 15.9 Å².